The van der Waals surface area contributed by atoms with Gasteiger partial charge in [0.25, 0.3) is 5.91 Å². The van der Waals surface area contributed by atoms with E-state index >= 15 is 0 Å². The number of Topliss-reactive ketones (excluding diaryl/α,β-unsaturated/α-hetero) is 2. The quantitative estimate of drug-likeness (QED) is 0.324. The molecule has 9 nitrogen and oxygen atoms in total. The lowest BCUT2D eigenvalue weighted by atomic mass is 9.91. The van der Waals surface area contributed by atoms with Crippen molar-refractivity contribution in [3.8, 4) is 0 Å². The first-order chi connectivity index (χ1) is 15.8. The number of rotatable bonds is 5. The number of allylic oxidation sites excluding steroid dienone is 4. The van der Waals surface area contributed by atoms with Gasteiger partial charge in [-0.3, -0.25) is 14.4 Å². The number of carbonyl (C=O) groups is 3. The summed E-state index contributed by atoms with van der Waals surface area (Å²) in [5, 5.41) is 8.93. The van der Waals surface area contributed by atoms with Gasteiger partial charge < -0.3 is 9.32 Å². The predicted octanol–water partition coefficient (Wildman–Crippen LogP) is 2.68. The molecule has 1 aliphatic heterocycles. The van der Waals surface area contributed by atoms with Crippen LogP contribution in [-0.4, -0.2) is 37.4 Å². The minimum absolute atomic E-state index is 0.0624. The average Bonchev–Trinajstić information content (AvgIpc) is 3.31. The van der Waals surface area contributed by atoms with Gasteiger partial charge in [0.1, 0.15) is 23.4 Å². The number of aromatic nitrogens is 3. The number of ketones is 2. The van der Waals surface area contributed by atoms with E-state index in [-0.39, 0.29) is 24.2 Å². The van der Waals surface area contributed by atoms with E-state index in [2.05, 4.69) is 10.3 Å². The fraction of sp³-hybridized carbons (Fsp3) is 0.217. The van der Waals surface area contributed by atoms with Gasteiger partial charge in [-0.15, -0.1) is 5.10 Å². The summed E-state index contributed by atoms with van der Waals surface area (Å²) in [4.78, 5) is 51.2. The highest BCUT2D eigenvalue weighted by atomic mass is 35.5. The Morgan fingerprint density at radius 2 is 2.03 bits per heavy atom. The fourth-order valence-corrected chi connectivity index (χ4v) is 4.23. The van der Waals surface area contributed by atoms with Gasteiger partial charge in [-0.25, -0.2) is 9.48 Å². The Bertz CT molecular complexity index is 1470. The molecule has 3 aromatic rings. The van der Waals surface area contributed by atoms with Crippen LogP contribution in [0.2, 0.25) is 5.02 Å². The summed E-state index contributed by atoms with van der Waals surface area (Å²) in [5.41, 5.74) is 1.51. The fourth-order valence-electron chi connectivity index (χ4n) is 4.07. The number of hydrogen-bond donors (Lipinski definition) is 0. The number of likely N-dealkylation sites (tertiary alicyclic amines) is 1. The highest BCUT2D eigenvalue weighted by Crippen LogP contribution is 2.35. The molecule has 0 saturated carbocycles. The molecule has 33 heavy (non-hydrogen) atoms. The Morgan fingerprint density at radius 3 is 2.85 bits per heavy atom. The molecule has 0 radical (unpaired) electrons. The van der Waals surface area contributed by atoms with Crippen LogP contribution in [0, 0.1) is 5.92 Å². The highest BCUT2D eigenvalue weighted by Gasteiger charge is 2.44. The molecule has 1 amide bonds. The first-order valence-corrected chi connectivity index (χ1v) is 10.6. The Labute approximate surface area is 191 Å². The third kappa shape index (κ3) is 3.80. The van der Waals surface area contributed by atoms with Crippen LogP contribution in [0.15, 0.2) is 63.1 Å². The van der Waals surface area contributed by atoms with Crippen molar-refractivity contribution in [1.29, 1.82) is 0 Å². The molecular weight excluding hydrogens is 448 g/mol. The smallest absolute Gasteiger partial charge is 0.347 e. The molecule has 0 spiro atoms. The van der Waals surface area contributed by atoms with E-state index < -0.39 is 29.0 Å². The molecule has 166 valence electrons. The topological polar surface area (TPSA) is 115 Å². The molecule has 1 aromatic carbocycles. The Balaban J connectivity index is 1.34. The van der Waals surface area contributed by atoms with Gasteiger partial charge in [0.2, 0.25) is 5.78 Å². The van der Waals surface area contributed by atoms with Gasteiger partial charge in [0.15, 0.2) is 5.78 Å². The van der Waals surface area contributed by atoms with E-state index in [0.717, 1.165) is 5.57 Å². The van der Waals surface area contributed by atoms with Gasteiger partial charge in [0, 0.05) is 22.2 Å². The van der Waals surface area contributed by atoms with E-state index in [0.29, 0.717) is 28.2 Å². The van der Waals surface area contributed by atoms with Crippen molar-refractivity contribution in [3.05, 3.63) is 80.6 Å². The lowest BCUT2D eigenvalue weighted by Gasteiger charge is -2.20. The molecule has 10 heteroatoms. The number of hydrogen-bond acceptors (Lipinski definition) is 7. The first kappa shape index (κ1) is 21.0. The van der Waals surface area contributed by atoms with E-state index in [9.17, 15) is 19.2 Å². The normalized spacial score (nSPS) is 17.9. The maximum Gasteiger partial charge on any atom is 0.347 e. The standard InChI is InChI=1S/C23H17ClN4O5/c1-12-2-5-18-16(6-12)21(30)22(31)28(18)10-15-9-27(26-25-15)11-19(29)17-7-13-3-4-14(24)8-20(13)33-23(17)32/h2-5,7-9,16H,6,10-11H2,1H3. The van der Waals surface area contributed by atoms with Crippen molar-refractivity contribution in [2.45, 2.75) is 26.4 Å². The summed E-state index contributed by atoms with van der Waals surface area (Å²) in [6, 6.07) is 6.25. The van der Waals surface area contributed by atoms with Crippen molar-refractivity contribution < 1.29 is 18.8 Å². The monoisotopic (exact) mass is 464 g/mol. The summed E-state index contributed by atoms with van der Waals surface area (Å²) in [6.45, 7) is 1.74. The summed E-state index contributed by atoms with van der Waals surface area (Å²) in [6.07, 6.45) is 5.71. The average molecular weight is 465 g/mol. The molecule has 1 atom stereocenters. The van der Waals surface area contributed by atoms with Gasteiger partial charge in [-0.2, -0.15) is 0 Å². The van der Waals surface area contributed by atoms with Crippen molar-refractivity contribution in [2.24, 2.45) is 5.92 Å². The zero-order chi connectivity index (χ0) is 23.3. The van der Waals surface area contributed by atoms with Gasteiger partial charge >= 0.3 is 5.63 Å². The zero-order valence-corrected chi connectivity index (χ0v) is 18.2. The highest BCUT2D eigenvalue weighted by molar-refractivity contribution is 6.40. The van der Waals surface area contributed by atoms with Crippen LogP contribution in [-0.2, 0) is 22.7 Å². The lowest BCUT2D eigenvalue weighted by molar-refractivity contribution is -0.140. The molecule has 2 aliphatic rings. The van der Waals surface area contributed by atoms with Crippen LogP contribution in [0.1, 0.15) is 29.4 Å². The molecular formula is C23H17ClN4O5. The van der Waals surface area contributed by atoms with Crippen LogP contribution < -0.4 is 5.63 Å². The summed E-state index contributed by atoms with van der Waals surface area (Å²) in [5.74, 6) is -1.96. The summed E-state index contributed by atoms with van der Waals surface area (Å²) in [7, 11) is 0. The van der Waals surface area contributed by atoms with E-state index in [1.165, 1.54) is 27.9 Å². The first-order valence-electron chi connectivity index (χ1n) is 10.2. The molecule has 5 rings (SSSR count). The molecule has 1 unspecified atom stereocenters. The predicted molar refractivity (Wildman–Crippen MR) is 117 cm³/mol. The van der Waals surface area contributed by atoms with Crippen LogP contribution in [0.25, 0.3) is 11.0 Å². The van der Waals surface area contributed by atoms with E-state index in [1.54, 1.807) is 18.2 Å². The van der Waals surface area contributed by atoms with Gasteiger partial charge in [-0.1, -0.05) is 28.5 Å². The van der Waals surface area contributed by atoms with E-state index in [4.69, 9.17) is 16.0 Å². The molecule has 0 N–H and O–H groups in total. The van der Waals surface area contributed by atoms with Crippen LogP contribution in [0.3, 0.4) is 0 Å². The van der Waals surface area contributed by atoms with Gasteiger partial charge in [-0.05, 0) is 37.6 Å². The van der Waals surface area contributed by atoms with E-state index in [1.807, 2.05) is 13.0 Å². The number of amides is 1. The molecule has 1 aliphatic carbocycles. The van der Waals surface area contributed by atoms with Crippen LogP contribution in [0.5, 0.6) is 0 Å². The molecule has 2 aromatic heterocycles. The molecule has 0 bridgehead atoms. The largest absolute Gasteiger partial charge is 0.422 e. The maximum absolute atomic E-state index is 12.7. The summed E-state index contributed by atoms with van der Waals surface area (Å²) >= 11 is 5.91. The number of nitrogens with zero attached hydrogens (tertiary/aromatic N) is 4. The van der Waals surface area contributed by atoms with Crippen LogP contribution >= 0.6 is 11.6 Å². The number of benzene rings is 1. The minimum Gasteiger partial charge on any atom is -0.422 e. The number of fused-ring (bicyclic) bond motifs is 2. The van der Waals surface area contributed by atoms with Gasteiger partial charge in [0.05, 0.1) is 18.7 Å². The second-order valence-electron chi connectivity index (χ2n) is 8.08. The van der Waals surface area contributed by atoms with Crippen molar-refractivity contribution in [2.75, 3.05) is 0 Å². The third-order valence-corrected chi connectivity index (χ3v) is 5.95. The molecule has 1 fully saturated rings. The minimum atomic E-state index is -0.769. The molecule has 3 heterocycles. The third-order valence-electron chi connectivity index (χ3n) is 5.72. The lowest BCUT2D eigenvalue weighted by Crippen LogP contribution is -2.26. The van der Waals surface area contributed by atoms with Crippen molar-refractivity contribution in [1.82, 2.24) is 19.9 Å². The Hall–Kier alpha value is -3.85. The second-order valence-corrected chi connectivity index (χ2v) is 8.51. The number of carbonyl (C=O) groups excluding carboxylic acids is 3. The summed E-state index contributed by atoms with van der Waals surface area (Å²) < 4.78 is 6.49. The zero-order valence-electron chi connectivity index (χ0n) is 17.4. The maximum atomic E-state index is 12.7. The second kappa shape index (κ2) is 7.93. The Kier molecular flexibility index (Phi) is 5.05. The number of halogens is 1. The molecule has 1 saturated heterocycles. The van der Waals surface area contributed by atoms with Crippen LogP contribution in [0.4, 0.5) is 0 Å². The van der Waals surface area contributed by atoms with Crippen molar-refractivity contribution >= 4 is 40.0 Å². The Morgan fingerprint density at radius 1 is 1.21 bits per heavy atom. The SMILES string of the molecule is CC1=CC=C2C(C1)C(=O)C(=O)N2Cc1cn(CC(=O)c2cc3ccc(Cl)cc3oc2=O)nn1. The van der Waals surface area contributed by atoms with Crippen molar-refractivity contribution in [3.63, 3.8) is 0 Å².